The largest absolute Gasteiger partial charge is 0.416 e. The first-order chi connectivity index (χ1) is 18.8. The van der Waals surface area contributed by atoms with E-state index in [1.54, 1.807) is 16.8 Å². The predicted octanol–water partition coefficient (Wildman–Crippen LogP) is 6.52. The monoisotopic (exact) mass is 547 g/mol. The van der Waals surface area contributed by atoms with Crippen LogP contribution >= 0.6 is 0 Å². The van der Waals surface area contributed by atoms with E-state index in [0.717, 1.165) is 23.4 Å². The lowest BCUT2D eigenvalue weighted by atomic mass is 9.85. The predicted molar refractivity (Wildman–Crippen MR) is 148 cm³/mol. The van der Waals surface area contributed by atoms with Crippen molar-refractivity contribution in [3.63, 3.8) is 0 Å². The molecule has 0 fully saturated rings. The molecule has 3 aromatic carbocycles. The van der Waals surface area contributed by atoms with Crippen molar-refractivity contribution in [1.29, 1.82) is 0 Å². The Morgan fingerprint density at radius 1 is 0.975 bits per heavy atom. The van der Waals surface area contributed by atoms with Crippen molar-refractivity contribution in [2.45, 2.75) is 45.3 Å². The number of aromatic nitrogens is 2. The second kappa shape index (κ2) is 9.86. The second-order valence-electron chi connectivity index (χ2n) is 10.8. The van der Waals surface area contributed by atoms with Gasteiger partial charge in [-0.15, -0.1) is 0 Å². The molecule has 1 aliphatic heterocycles. The Kier molecular flexibility index (Phi) is 6.65. The van der Waals surface area contributed by atoms with Crippen LogP contribution in [0.2, 0.25) is 0 Å². The van der Waals surface area contributed by atoms with Gasteiger partial charge in [-0.05, 0) is 59.4 Å². The normalized spacial score (nSPS) is 13.1. The van der Waals surface area contributed by atoms with Gasteiger partial charge in [0.05, 0.1) is 5.56 Å². The van der Waals surface area contributed by atoms with Crippen LogP contribution in [-0.2, 0) is 24.6 Å². The summed E-state index contributed by atoms with van der Waals surface area (Å²) in [6, 6.07) is 16.9. The Morgan fingerprint density at radius 3 is 2.35 bits per heavy atom. The Labute approximate surface area is 229 Å². The van der Waals surface area contributed by atoms with E-state index in [1.807, 2.05) is 6.07 Å². The molecule has 40 heavy (non-hydrogen) atoms. The molecule has 1 aromatic heterocycles. The number of anilines is 3. The highest BCUT2D eigenvalue weighted by Gasteiger charge is 2.31. The van der Waals surface area contributed by atoms with Crippen LogP contribution in [-0.4, -0.2) is 21.6 Å². The van der Waals surface area contributed by atoms with Gasteiger partial charge in [-0.25, -0.2) is 4.68 Å². The minimum Gasteiger partial charge on any atom is -0.365 e. The summed E-state index contributed by atoms with van der Waals surface area (Å²) < 4.78 is 40.7. The van der Waals surface area contributed by atoms with E-state index in [0.29, 0.717) is 30.0 Å². The average molecular weight is 548 g/mol. The summed E-state index contributed by atoms with van der Waals surface area (Å²) in [5.41, 5.74) is 9.56. The van der Waals surface area contributed by atoms with Crippen LogP contribution < -0.4 is 16.4 Å². The van der Waals surface area contributed by atoms with Crippen molar-refractivity contribution in [2.24, 2.45) is 5.73 Å². The number of carbonyl (C=O) groups excluding carboxylic acids is 2. The standard InChI is InChI=1S/C30H28F3N5O2/c1-29(2,3)20-11-12-23-19(15-20)13-14-38-27(36-23)24(26(34)39)25(37-38)17-7-9-18(10-8-17)28(40)35-22-6-4-5-21(16-22)30(31,32)33/h4-12,15-16,36H,13-14H2,1-3H3,(H2,34,39)(H,35,40). The van der Waals surface area contributed by atoms with Crippen molar-refractivity contribution >= 4 is 29.0 Å². The number of benzene rings is 3. The number of aryl methyl sites for hydroxylation is 2. The smallest absolute Gasteiger partial charge is 0.365 e. The van der Waals surface area contributed by atoms with E-state index in [1.165, 1.54) is 29.8 Å². The lowest BCUT2D eigenvalue weighted by molar-refractivity contribution is -0.137. The molecule has 5 rings (SSSR count). The second-order valence-corrected chi connectivity index (χ2v) is 10.8. The molecule has 0 saturated heterocycles. The summed E-state index contributed by atoms with van der Waals surface area (Å²) in [5, 5.41) is 10.5. The molecule has 2 heterocycles. The molecular weight excluding hydrogens is 519 g/mol. The molecule has 2 amide bonds. The number of rotatable bonds is 4. The van der Waals surface area contributed by atoms with E-state index in [4.69, 9.17) is 5.73 Å². The number of fused-ring (bicyclic) bond motifs is 2. The zero-order valence-electron chi connectivity index (χ0n) is 22.2. The molecule has 0 radical (unpaired) electrons. The third-order valence-electron chi connectivity index (χ3n) is 6.88. The Hall–Kier alpha value is -4.60. The van der Waals surface area contributed by atoms with Crippen LogP contribution in [0.4, 0.5) is 30.4 Å². The number of hydrogen-bond acceptors (Lipinski definition) is 4. The molecule has 0 aliphatic carbocycles. The minimum atomic E-state index is -4.52. The fourth-order valence-corrected chi connectivity index (χ4v) is 4.69. The number of hydrogen-bond donors (Lipinski definition) is 3. The highest BCUT2D eigenvalue weighted by Crippen LogP contribution is 2.36. The molecular formula is C30H28F3N5O2. The quantitative estimate of drug-likeness (QED) is 0.271. The fraction of sp³-hybridized carbons (Fsp3) is 0.233. The van der Waals surface area contributed by atoms with Gasteiger partial charge in [-0.3, -0.25) is 9.59 Å². The van der Waals surface area contributed by atoms with E-state index < -0.39 is 23.6 Å². The van der Waals surface area contributed by atoms with Crippen LogP contribution in [0.3, 0.4) is 0 Å². The molecule has 4 N–H and O–H groups in total. The maximum atomic E-state index is 13.0. The average Bonchev–Trinajstić information content (AvgIpc) is 3.15. The van der Waals surface area contributed by atoms with Gasteiger partial charge in [0, 0.05) is 29.0 Å². The minimum absolute atomic E-state index is 0.00334. The molecule has 7 nitrogen and oxygen atoms in total. The third kappa shape index (κ3) is 5.29. The number of primary amides is 1. The topological polar surface area (TPSA) is 102 Å². The molecule has 10 heteroatoms. The molecule has 4 aromatic rings. The van der Waals surface area contributed by atoms with Crippen molar-refractivity contribution < 1.29 is 22.8 Å². The fourth-order valence-electron chi connectivity index (χ4n) is 4.69. The zero-order valence-corrected chi connectivity index (χ0v) is 22.2. The molecule has 0 saturated carbocycles. The number of nitrogens with zero attached hydrogens (tertiary/aromatic N) is 2. The molecule has 0 atom stereocenters. The zero-order chi connectivity index (χ0) is 28.8. The van der Waals surface area contributed by atoms with Crippen LogP contribution in [0.15, 0.2) is 66.7 Å². The number of carbonyl (C=O) groups is 2. The van der Waals surface area contributed by atoms with Crippen molar-refractivity contribution in [3.05, 3.63) is 94.5 Å². The van der Waals surface area contributed by atoms with Crippen LogP contribution in [0.5, 0.6) is 0 Å². The lowest BCUT2D eigenvalue weighted by Gasteiger charge is -2.21. The summed E-state index contributed by atoms with van der Waals surface area (Å²) in [5.74, 6) is -0.726. The van der Waals surface area contributed by atoms with Crippen molar-refractivity contribution in [1.82, 2.24) is 9.78 Å². The van der Waals surface area contributed by atoms with Gasteiger partial charge >= 0.3 is 6.18 Å². The van der Waals surface area contributed by atoms with Gasteiger partial charge in [0.15, 0.2) is 0 Å². The van der Waals surface area contributed by atoms with Gasteiger partial charge in [-0.2, -0.15) is 18.3 Å². The van der Waals surface area contributed by atoms with Gasteiger partial charge in [0.1, 0.15) is 17.1 Å². The highest BCUT2D eigenvalue weighted by atomic mass is 19.4. The van der Waals surface area contributed by atoms with Gasteiger partial charge in [0.2, 0.25) is 0 Å². The van der Waals surface area contributed by atoms with E-state index in [9.17, 15) is 22.8 Å². The number of nitrogens with two attached hydrogens (primary N) is 1. The van der Waals surface area contributed by atoms with Gasteiger partial charge in [0.25, 0.3) is 11.8 Å². The maximum absolute atomic E-state index is 13.0. The molecule has 0 bridgehead atoms. The summed E-state index contributed by atoms with van der Waals surface area (Å²) in [6.07, 6.45) is -3.82. The lowest BCUT2D eigenvalue weighted by Crippen LogP contribution is -2.14. The van der Waals surface area contributed by atoms with E-state index in [-0.39, 0.29) is 22.2 Å². The van der Waals surface area contributed by atoms with Crippen molar-refractivity contribution in [3.8, 4) is 11.3 Å². The molecule has 206 valence electrons. The number of alkyl halides is 3. The van der Waals surface area contributed by atoms with E-state index in [2.05, 4.69) is 48.6 Å². The van der Waals surface area contributed by atoms with E-state index >= 15 is 0 Å². The third-order valence-corrected chi connectivity index (χ3v) is 6.88. The summed E-state index contributed by atoms with van der Waals surface area (Å²) in [4.78, 5) is 25.3. The first kappa shape index (κ1) is 27.0. The SMILES string of the molecule is CC(C)(C)c1ccc2c(c1)CCn1nc(-c3ccc(C(=O)Nc4cccc(C(F)(F)F)c4)cc3)c(C(N)=O)c1N2. The maximum Gasteiger partial charge on any atom is 0.416 e. The summed E-state index contributed by atoms with van der Waals surface area (Å²) >= 11 is 0. The summed E-state index contributed by atoms with van der Waals surface area (Å²) in [7, 11) is 0. The highest BCUT2D eigenvalue weighted by molar-refractivity contribution is 6.06. The number of nitrogens with one attached hydrogen (secondary N) is 2. The van der Waals surface area contributed by atoms with Gasteiger partial charge < -0.3 is 16.4 Å². The first-order valence-corrected chi connectivity index (χ1v) is 12.7. The van der Waals surface area contributed by atoms with Crippen molar-refractivity contribution in [2.75, 3.05) is 10.6 Å². The van der Waals surface area contributed by atoms with Gasteiger partial charge in [-0.1, -0.05) is 51.1 Å². The summed E-state index contributed by atoms with van der Waals surface area (Å²) in [6.45, 7) is 6.99. The molecule has 1 aliphatic rings. The van der Waals surface area contributed by atoms with Crippen LogP contribution in [0, 0.1) is 0 Å². The molecule has 0 spiro atoms. The van der Waals surface area contributed by atoms with Crippen LogP contribution in [0.25, 0.3) is 11.3 Å². The Morgan fingerprint density at radius 2 is 1.70 bits per heavy atom. The Bertz CT molecular complexity index is 1620. The number of halogens is 3. The van der Waals surface area contributed by atoms with Crippen LogP contribution in [0.1, 0.15) is 58.2 Å². The molecule has 0 unspecified atom stereocenters. The Balaban J connectivity index is 1.41. The number of amides is 2. The first-order valence-electron chi connectivity index (χ1n) is 12.7.